The summed E-state index contributed by atoms with van der Waals surface area (Å²) in [5.41, 5.74) is 3.69. The number of hydrogen-bond donors (Lipinski definition) is 2. The Morgan fingerprint density at radius 3 is 2.85 bits per heavy atom. The molecule has 3 rings (SSSR count). The summed E-state index contributed by atoms with van der Waals surface area (Å²) in [6, 6.07) is 12.4. The Morgan fingerprint density at radius 1 is 1.27 bits per heavy atom. The highest BCUT2D eigenvalue weighted by molar-refractivity contribution is 5.91. The van der Waals surface area contributed by atoms with E-state index in [0.29, 0.717) is 12.2 Å². The summed E-state index contributed by atoms with van der Waals surface area (Å²) >= 11 is 0. The lowest BCUT2D eigenvalue weighted by Gasteiger charge is -2.17. The molecule has 0 atom stereocenters. The van der Waals surface area contributed by atoms with Crippen molar-refractivity contribution in [3.8, 4) is 0 Å². The Kier molecular flexibility index (Phi) is 5.36. The third-order valence-corrected chi connectivity index (χ3v) is 4.51. The van der Waals surface area contributed by atoms with Crippen molar-refractivity contribution in [3.63, 3.8) is 0 Å². The molecule has 0 aliphatic carbocycles. The normalized spacial score (nSPS) is 12.6. The third-order valence-electron chi connectivity index (χ3n) is 4.51. The van der Waals surface area contributed by atoms with E-state index in [0.717, 1.165) is 25.2 Å². The van der Waals surface area contributed by atoms with Crippen LogP contribution < -0.4 is 15.5 Å². The van der Waals surface area contributed by atoms with E-state index < -0.39 is 4.92 Å². The number of nitro benzene ring substituents is 1. The van der Waals surface area contributed by atoms with Gasteiger partial charge >= 0.3 is 0 Å². The number of carbonyl (C=O) groups is 1. The lowest BCUT2D eigenvalue weighted by Crippen LogP contribution is -2.20. The van der Waals surface area contributed by atoms with E-state index in [-0.39, 0.29) is 18.0 Å². The van der Waals surface area contributed by atoms with Gasteiger partial charge in [-0.1, -0.05) is 18.2 Å². The number of para-hydroxylation sites is 2. The molecular formula is C19H22N4O3. The second kappa shape index (κ2) is 7.86. The van der Waals surface area contributed by atoms with Gasteiger partial charge in [-0.2, -0.15) is 0 Å². The van der Waals surface area contributed by atoms with Crippen LogP contribution in [0.3, 0.4) is 0 Å². The maximum absolute atomic E-state index is 12.2. The summed E-state index contributed by atoms with van der Waals surface area (Å²) in [6.45, 7) is 4.41. The number of anilines is 3. The topological polar surface area (TPSA) is 87.5 Å². The molecule has 0 unspecified atom stereocenters. The van der Waals surface area contributed by atoms with Gasteiger partial charge in [0.15, 0.2) is 0 Å². The second-order valence-corrected chi connectivity index (χ2v) is 6.17. The molecule has 0 fully saturated rings. The molecule has 1 heterocycles. The fraction of sp³-hybridized carbons (Fsp3) is 0.316. The standard InChI is InChI=1S/C19H22N4O3/c1-2-22-12-10-14-7-8-15(13-18(14)22)21-19(24)9-11-20-16-5-3-4-6-17(16)23(25)26/h3-8,13,20H,2,9-12H2,1H3,(H,21,24). The van der Waals surface area contributed by atoms with Crippen LogP contribution in [0.2, 0.25) is 0 Å². The number of fused-ring (bicyclic) bond motifs is 1. The van der Waals surface area contributed by atoms with Crippen molar-refractivity contribution >= 4 is 28.7 Å². The van der Waals surface area contributed by atoms with Crippen LogP contribution in [0.25, 0.3) is 0 Å². The molecule has 7 heteroatoms. The van der Waals surface area contributed by atoms with Crippen LogP contribution in [0.15, 0.2) is 42.5 Å². The Labute approximate surface area is 152 Å². The number of hydrogen-bond acceptors (Lipinski definition) is 5. The first kappa shape index (κ1) is 17.7. The highest BCUT2D eigenvalue weighted by Crippen LogP contribution is 2.30. The number of rotatable bonds is 7. The minimum atomic E-state index is -0.438. The summed E-state index contributed by atoms with van der Waals surface area (Å²) < 4.78 is 0. The summed E-state index contributed by atoms with van der Waals surface area (Å²) in [4.78, 5) is 25.0. The summed E-state index contributed by atoms with van der Waals surface area (Å²) in [6.07, 6.45) is 1.26. The first-order valence-corrected chi connectivity index (χ1v) is 8.73. The molecule has 2 aromatic carbocycles. The summed E-state index contributed by atoms with van der Waals surface area (Å²) in [5, 5.41) is 16.8. The van der Waals surface area contributed by atoms with Crippen LogP contribution in [0.1, 0.15) is 18.9 Å². The molecule has 0 bridgehead atoms. The van der Waals surface area contributed by atoms with E-state index in [1.807, 2.05) is 12.1 Å². The first-order valence-electron chi connectivity index (χ1n) is 8.73. The lowest BCUT2D eigenvalue weighted by molar-refractivity contribution is -0.384. The second-order valence-electron chi connectivity index (χ2n) is 6.17. The minimum Gasteiger partial charge on any atom is -0.379 e. The Balaban J connectivity index is 1.55. The zero-order chi connectivity index (χ0) is 18.5. The van der Waals surface area contributed by atoms with Crippen molar-refractivity contribution < 1.29 is 9.72 Å². The molecule has 136 valence electrons. The molecule has 7 nitrogen and oxygen atoms in total. The largest absolute Gasteiger partial charge is 0.379 e. The molecule has 0 saturated carbocycles. The predicted octanol–water partition coefficient (Wildman–Crippen LogP) is 3.42. The number of nitro groups is 1. The van der Waals surface area contributed by atoms with Gasteiger partial charge in [0.25, 0.3) is 5.69 Å². The quantitative estimate of drug-likeness (QED) is 0.588. The highest BCUT2D eigenvalue weighted by Gasteiger charge is 2.18. The van der Waals surface area contributed by atoms with Crippen molar-refractivity contribution in [2.75, 3.05) is 35.2 Å². The van der Waals surface area contributed by atoms with E-state index in [1.165, 1.54) is 17.3 Å². The predicted molar refractivity (Wildman–Crippen MR) is 103 cm³/mol. The van der Waals surface area contributed by atoms with Gasteiger partial charge in [-0.05, 0) is 37.1 Å². The van der Waals surface area contributed by atoms with Gasteiger partial charge < -0.3 is 15.5 Å². The number of likely N-dealkylation sites (N-methyl/N-ethyl adjacent to an activating group) is 1. The highest BCUT2D eigenvalue weighted by atomic mass is 16.6. The third kappa shape index (κ3) is 3.93. The summed E-state index contributed by atoms with van der Waals surface area (Å²) in [5.74, 6) is -0.128. The van der Waals surface area contributed by atoms with Crippen LogP contribution in [-0.4, -0.2) is 30.5 Å². The van der Waals surface area contributed by atoms with E-state index in [9.17, 15) is 14.9 Å². The molecule has 2 N–H and O–H groups in total. The molecule has 1 amide bonds. The van der Waals surface area contributed by atoms with Crippen molar-refractivity contribution in [2.24, 2.45) is 0 Å². The molecular weight excluding hydrogens is 332 g/mol. The Morgan fingerprint density at radius 2 is 2.08 bits per heavy atom. The molecule has 1 aliphatic heterocycles. The van der Waals surface area contributed by atoms with Gasteiger partial charge in [0.2, 0.25) is 5.91 Å². The van der Waals surface area contributed by atoms with Crippen LogP contribution >= 0.6 is 0 Å². The van der Waals surface area contributed by atoms with E-state index in [1.54, 1.807) is 18.2 Å². The SMILES string of the molecule is CCN1CCc2ccc(NC(=O)CCNc3ccccc3[N+](=O)[O-])cc21. The van der Waals surface area contributed by atoms with E-state index in [2.05, 4.69) is 28.5 Å². The van der Waals surface area contributed by atoms with Crippen molar-refractivity contribution in [1.82, 2.24) is 0 Å². The minimum absolute atomic E-state index is 0.00573. The number of amides is 1. The first-order chi connectivity index (χ1) is 12.6. The smallest absolute Gasteiger partial charge is 0.292 e. The van der Waals surface area contributed by atoms with E-state index >= 15 is 0 Å². The van der Waals surface area contributed by atoms with Crippen LogP contribution in [0, 0.1) is 10.1 Å². The van der Waals surface area contributed by atoms with Gasteiger partial charge in [-0.25, -0.2) is 0 Å². The van der Waals surface area contributed by atoms with Gasteiger partial charge in [-0.15, -0.1) is 0 Å². The van der Waals surface area contributed by atoms with Crippen molar-refractivity contribution in [3.05, 3.63) is 58.1 Å². The van der Waals surface area contributed by atoms with Crippen molar-refractivity contribution in [1.29, 1.82) is 0 Å². The number of carbonyl (C=O) groups excluding carboxylic acids is 1. The molecule has 0 spiro atoms. The molecule has 0 saturated heterocycles. The van der Waals surface area contributed by atoms with E-state index in [4.69, 9.17) is 0 Å². The Bertz CT molecular complexity index is 822. The molecule has 1 aliphatic rings. The van der Waals surface area contributed by atoms with Gasteiger partial charge in [0, 0.05) is 43.5 Å². The maximum Gasteiger partial charge on any atom is 0.292 e. The monoisotopic (exact) mass is 354 g/mol. The zero-order valence-electron chi connectivity index (χ0n) is 14.7. The van der Waals surface area contributed by atoms with Crippen LogP contribution in [-0.2, 0) is 11.2 Å². The molecule has 0 radical (unpaired) electrons. The molecule has 0 aromatic heterocycles. The zero-order valence-corrected chi connectivity index (χ0v) is 14.7. The van der Waals surface area contributed by atoms with Crippen LogP contribution in [0.4, 0.5) is 22.7 Å². The van der Waals surface area contributed by atoms with Gasteiger partial charge in [0.05, 0.1) is 4.92 Å². The summed E-state index contributed by atoms with van der Waals surface area (Å²) in [7, 11) is 0. The van der Waals surface area contributed by atoms with Crippen molar-refractivity contribution in [2.45, 2.75) is 19.8 Å². The van der Waals surface area contributed by atoms with Crippen LogP contribution in [0.5, 0.6) is 0 Å². The average Bonchev–Trinajstić information content (AvgIpc) is 3.04. The molecule has 2 aromatic rings. The fourth-order valence-corrected chi connectivity index (χ4v) is 3.17. The Hall–Kier alpha value is -3.09. The molecule has 26 heavy (non-hydrogen) atoms. The number of benzene rings is 2. The average molecular weight is 354 g/mol. The van der Waals surface area contributed by atoms with Gasteiger partial charge in [-0.3, -0.25) is 14.9 Å². The fourth-order valence-electron chi connectivity index (χ4n) is 3.17. The number of nitrogens with one attached hydrogen (secondary N) is 2. The number of nitrogens with zero attached hydrogens (tertiary/aromatic N) is 2. The maximum atomic E-state index is 12.2. The van der Waals surface area contributed by atoms with Gasteiger partial charge in [0.1, 0.15) is 5.69 Å². The lowest BCUT2D eigenvalue weighted by atomic mass is 10.1.